The topological polar surface area (TPSA) is 59.8 Å². The summed E-state index contributed by atoms with van der Waals surface area (Å²) < 4.78 is 27.4. The molecule has 198 valence electrons. The molecular formula is C31H34FN3O3. The van der Waals surface area contributed by atoms with E-state index in [0.29, 0.717) is 43.4 Å². The molecule has 7 heteroatoms. The summed E-state index contributed by atoms with van der Waals surface area (Å²) in [7, 11) is 1.61. The van der Waals surface area contributed by atoms with Gasteiger partial charge in [-0.05, 0) is 61.7 Å². The fourth-order valence-corrected chi connectivity index (χ4v) is 4.33. The number of halogens is 1. The number of aromatic nitrogens is 2. The van der Waals surface area contributed by atoms with Crippen LogP contribution >= 0.6 is 0 Å². The lowest BCUT2D eigenvalue weighted by Crippen LogP contribution is -2.32. The van der Waals surface area contributed by atoms with Crippen LogP contribution in [0.5, 0.6) is 17.4 Å². The zero-order chi connectivity index (χ0) is 26.9. The third-order valence-corrected chi connectivity index (χ3v) is 6.29. The van der Waals surface area contributed by atoms with Crippen molar-refractivity contribution < 1.29 is 19.0 Å². The summed E-state index contributed by atoms with van der Waals surface area (Å²) in [6.07, 6.45) is 2.59. The van der Waals surface area contributed by atoms with Crippen molar-refractivity contribution in [2.75, 3.05) is 13.7 Å². The van der Waals surface area contributed by atoms with E-state index in [4.69, 9.17) is 14.6 Å². The molecule has 0 saturated heterocycles. The second-order valence-electron chi connectivity index (χ2n) is 9.19. The number of aryl methyl sites for hydroxylation is 1. The Hall–Kier alpha value is -3.94. The van der Waals surface area contributed by atoms with Crippen LogP contribution in [0.1, 0.15) is 29.7 Å². The van der Waals surface area contributed by atoms with E-state index in [2.05, 4.69) is 11.5 Å². The first-order chi connectivity index (χ1) is 18.5. The minimum absolute atomic E-state index is 0.279. The van der Waals surface area contributed by atoms with Crippen molar-refractivity contribution in [3.05, 3.63) is 114 Å². The lowest BCUT2D eigenvalue weighted by molar-refractivity contribution is 0.0978. The molecule has 0 saturated carbocycles. The molecule has 6 nitrogen and oxygen atoms in total. The van der Waals surface area contributed by atoms with Gasteiger partial charge in [-0.25, -0.2) is 9.07 Å². The molecule has 0 radical (unpaired) electrons. The summed E-state index contributed by atoms with van der Waals surface area (Å²) in [5, 5.41) is 15.6. The maximum Gasteiger partial charge on any atom is 0.227 e. The van der Waals surface area contributed by atoms with Gasteiger partial charge in [0.05, 0.1) is 30.2 Å². The van der Waals surface area contributed by atoms with Crippen molar-refractivity contribution in [2.45, 2.75) is 39.0 Å². The third kappa shape index (κ3) is 6.88. The summed E-state index contributed by atoms with van der Waals surface area (Å²) in [5.74, 6) is 1.48. The second kappa shape index (κ2) is 13.0. The number of hydrogen-bond donors (Lipinski definition) is 1. The summed E-state index contributed by atoms with van der Waals surface area (Å²) >= 11 is 0. The molecule has 1 aromatic heterocycles. The number of para-hydroxylation sites is 3. The predicted octanol–water partition coefficient (Wildman–Crippen LogP) is 6.45. The number of nitrogens with zero attached hydrogens (tertiary/aromatic N) is 3. The van der Waals surface area contributed by atoms with Crippen LogP contribution in [0, 0.1) is 12.7 Å². The maximum absolute atomic E-state index is 13.6. The first-order valence-corrected chi connectivity index (χ1v) is 12.7. The molecule has 0 bridgehead atoms. The highest BCUT2D eigenvalue weighted by Gasteiger charge is 2.23. The minimum Gasteiger partial charge on any atom is -0.493 e. The Morgan fingerprint density at radius 3 is 2.37 bits per heavy atom. The summed E-state index contributed by atoms with van der Waals surface area (Å²) in [6, 6.07) is 23.7. The highest BCUT2D eigenvalue weighted by atomic mass is 19.1. The fourth-order valence-electron chi connectivity index (χ4n) is 4.33. The van der Waals surface area contributed by atoms with Gasteiger partial charge in [-0.15, -0.1) is 6.58 Å². The SMILES string of the molecule is C=CCC[C@@H](O)CN(Cc1ccc(F)cc1)Cc1c(C)nn(-c2ccccc2)c1Oc1ccccc1OC. The highest BCUT2D eigenvalue weighted by molar-refractivity contribution is 5.47. The average molecular weight is 516 g/mol. The van der Waals surface area contributed by atoms with Gasteiger partial charge in [0, 0.05) is 19.6 Å². The first-order valence-electron chi connectivity index (χ1n) is 12.7. The van der Waals surface area contributed by atoms with Crippen LogP contribution in [0.2, 0.25) is 0 Å². The van der Waals surface area contributed by atoms with Crippen LogP contribution in [0.3, 0.4) is 0 Å². The smallest absolute Gasteiger partial charge is 0.227 e. The van der Waals surface area contributed by atoms with Crippen LogP contribution in [-0.4, -0.2) is 39.5 Å². The van der Waals surface area contributed by atoms with E-state index in [1.54, 1.807) is 30.0 Å². The molecule has 4 aromatic rings. The van der Waals surface area contributed by atoms with Crippen molar-refractivity contribution in [1.82, 2.24) is 14.7 Å². The van der Waals surface area contributed by atoms with Crippen LogP contribution in [0.4, 0.5) is 4.39 Å². The van der Waals surface area contributed by atoms with E-state index in [1.165, 1.54) is 12.1 Å². The minimum atomic E-state index is -0.545. The Labute approximate surface area is 223 Å². The number of hydrogen-bond acceptors (Lipinski definition) is 5. The van der Waals surface area contributed by atoms with Gasteiger partial charge in [-0.2, -0.15) is 5.10 Å². The molecule has 1 N–H and O–H groups in total. The van der Waals surface area contributed by atoms with E-state index in [1.807, 2.05) is 61.5 Å². The van der Waals surface area contributed by atoms with Crippen molar-refractivity contribution >= 4 is 0 Å². The lowest BCUT2D eigenvalue weighted by atomic mass is 10.1. The van der Waals surface area contributed by atoms with Gasteiger partial charge < -0.3 is 14.6 Å². The molecular weight excluding hydrogens is 481 g/mol. The lowest BCUT2D eigenvalue weighted by Gasteiger charge is -2.25. The Morgan fingerprint density at radius 1 is 1.00 bits per heavy atom. The van der Waals surface area contributed by atoms with E-state index < -0.39 is 6.10 Å². The summed E-state index contributed by atoms with van der Waals surface area (Å²) in [5.41, 5.74) is 3.51. The standard InChI is InChI=1S/C31H34FN3O3/c1-4-5-13-27(36)21-34(20-24-16-18-25(32)19-17-24)22-28-23(2)33-35(26-11-7-6-8-12-26)31(28)38-30-15-10-9-14-29(30)37-3/h4,6-12,14-19,27,36H,1,5,13,20-22H2,2-3H3/t27-/m1/s1. The molecule has 4 rings (SSSR count). The first kappa shape index (κ1) is 27.1. The molecule has 3 aromatic carbocycles. The quantitative estimate of drug-likeness (QED) is 0.207. The molecule has 0 aliphatic carbocycles. The van der Waals surface area contributed by atoms with Gasteiger partial charge >= 0.3 is 0 Å². The van der Waals surface area contributed by atoms with E-state index in [9.17, 15) is 9.50 Å². The fraction of sp³-hybridized carbons (Fsp3) is 0.258. The zero-order valence-electron chi connectivity index (χ0n) is 21.9. The number of allylic oxidation sites excluding steroid dienone is 1. The number of rotatable bonds is 13. The van der Waals surface area contributed by atoms with Crippen LogP contribution < -0.4 is 9.47 Å². The maximum atomic E-state index is 13.6. The molecule has 0 aliphatic rings. The van der Waals surface area contributed by atoms with Crippen LogP contribution in [-0.2, 0) is 13.1 Å². The van der Waals surface area contributed by atoms with Crippen molar-refractivity contribution in [3.63, 3.8) is 0 Å². The van der Waals surface area contributed by atoms with E-state index >= 15 is 0 Å². The Kier molecular flexibility index (Phi) is 9.30. The molecule has 1 atom stereocenters. The molecule has 0 fully saturated rings. The molecule has 1 heterocycles. The molecule has 38 heavy (non-hydrogen) atoms. The highest BCUT2D eigenvalue weighted by Crippen LogP contribution is 2.36. The Balaban J connectivity index is 1.73. The van der Waals surface area contributed by atoms with Crippen molar-refractivity contribution in [1.29, 1.82) is 0 Å². The van der Waals surface area contributed by atoms with E-state index in [-0.39, 0.29) is 5.82 Å². The summed E-state index contributed by atoms with van der Waals surface area (Å²) in [4.78, 5) is 2.13. The van der Waals surface area contributed by atoms with E-state index in [0.717, 1.165) is 28.9 Å². The van der Waals surface area contributed by atoms with Gasteiger partial charge in [-0.1, -0.05) is 48.5 Å². The number of methoxy groups -OCH3 is 1. The normalized spacial score (nSPS) is 11.9. The Bertz CT molecular complexity index is 1320. The molecule has 0 unspecified atom stereocenters. The molecule has 0 spiro atoms. The van der Waals surface area contributed by atoms with Gasteiger partial charge in [0.2, 0.25) is 5.88 Å². The molecule has 0 amide bonds. The van der Waals surface area contributed by atoms with Crippen molar-refractivity contribution in [2.24, 2.45) is 0 Å². The van der Waals surface area contributed by atoms with Gasteiger partial charge in [-0.3, -0.25) is 4.90 Å². The number of benzene rings is 3. The monoisotopic (exact) mass is 515 g/mol. The van der Waals surface area contributed by atoms with Crippen LogP contribution in [0.25, 0.3) is 5.69 Å². The second-order valence-corrected chi connectivity index (χ2v) is 9.19. The van der Waals surface area contributed by atoms with Gasteiger partial charge in [0.25, 0.3) is 0 Å². The Morgan fingerprint density at radius 2 is 1.68 bits per heavy atom. The van der Waals surface area contributed by atoms with Gasteiger partial charge in [0.1, 0.15) is 5.82 Å². The number of ether oxygens (including phenoxy) is 2. The average Bonchev–Trinajstić information content (AvgIpc) is 3.24. The number of aliphatic hydroxyl groups is 1. The third-order valence-electron chi connectivity index (χ3n) is 6.29. The largest absolute Gasteiger partial charge is 0.493 e. The zero-order valence-corrected chi connectivity index (χ0v) is 21.9. The van der Waals surface area contributed by atoms with Gasteiger partial charge in [0.15, 0.2) is 11.5 Å². The predicted molar refractivity (Wildman–Crippen MR) is 147 cm³/mol. The number of aliphatic hydroxyl groups excluding tert-OH is 1. The molecule has 0 aliphatic heterocycles. The van der Waals surface area contributed by atoms with Crippen molar-refractivity contribution in [3.8, 4) is 23.1 Å². The van der Waals surface area contributed by atoms with Crippen LogP contribution in [0.15, 0.2) is 91.5 Å². The summed E-state index contributed by atoms with van der Waals surface area (Å²) in [6.45, 7) is 7.13.